The molecule has 2 heterocycles. The molecule has 4 fully saturated rings. The van der Waals surface area contributed by atoms with Crippen LogP contribution >= 0.6 is 0 Å². The van der Waals surface area contributed by atoms with Gasteiger partial charge in [-0.15, -0.1) is 0 Å². The Morgan fingerprint density at radius 2 is 1.94 bits per heavy atom. The van der Waals surface area contributed by atoms with Crippen LogP contribution in [0, 0.1) is 46.8 Å². The van der Waals surface area contributed by atoms with Crippen molar-refractivity contribution in [2.75, 3.05) is 0 Å². The first-order valence-electron chi connectivity index (χ1n) is 14.9. The van der Waals surface area contributed by atoms with Gasteiger partial charge in [0.05, 0.1) is 12.2 Å². The van der Waals surface area contributed by atoms with Crippen LogP contribution in [0.2, 0.25) is 0 Å². The van der Waals surface area contributed by atoms with Crippen LogP contribution in [0.1, 0.15) is 118 Å². The molecule has 1 nitrogen and oxygen atoms in total. The Morgan fingerprint density at radius 3 is 2.70 bits per heavy atom. The molecule has 5 rings (SSSR count). The number of ether oxygens (including phenoxy) is 1. The van der Waals surface area contributed by atoms with Crippen molar-refractivity contribution in [3.8, 4) is 0 Å². The smallest absolute Gasteiger partial charge is 0.0828 e. The summed E-state index contributed by atoms with van der Waals surface area (Å²) in [5.41, 5.74) is 2.33. The molecule has 0 aromatic carbocycles. The zero-order chi connectivity index (χ0) is 23.0. The van der Waals surface area contributed by atoms with Crippen LogP contribution in [-0.4, -0.2) is 12.2 Å². The molecule has 10 unspecified atom stereocenters. The summed E-state index contributed by atoms with van der Waals surface area (Å²) in [7, 11) is 0. The van der Waals surface area contributed by atoms with Gasteiger partial charge in [-0.05, 0) is 118 Å². The number of hydrogen-bond donors (Lipinski definition) is 0. The minimum atomic E-state index is 0.370. The molecular formula is C32H52O. The van der Waals surface area contributed by atoms with E-state index < -0.39 is 0 Å². The Morgan fingerprint density at radius 1 is 1.06 bits per heavy atom. The molecular weight excluding hydrogens is 400 g/mol. The van der Waals surface area contributed by atoms with Crippen molar-refractivity contribution < 1.29 is 4.74 Å². The first-order chi connectivity index (χ1) is 15.9. The summed E-state index contributed by atoms with van der Waals surface area (Å²) in [6, 6.07) is 0. The van der Waals surface area contributed by atoms with E-state index in [0.717, 1.165) is 40.9 Å². The largest absolute Gasteiger partial charge is 0.366 e. The average molecular weight is 453 g/mol. The van der Waals surface area contributed by atoms with E-state index in [2.05, 4.69) is 45.9 Å². The topological polar surface area (TPSA) is 9.23 Å². The SMILES string of the molecule is CCC1CC2CC(C)CC(C3CCCC(CC(C)CC/C(C)=C\C4CC5C=CC4O5)C3)(C1)C2. The first-order valence-corrected chi connectivity index (χ1v) is 14.9. The standard InChI is InChI=1S/C32H52O/c1-5-25-16-27-14-24(4)19-32(20-25,21-27)29-8-6-7-26(17-29)13-22(2)9-10-23(3)15-28-18-30-11-12-31(28)33-30/h11-12,15,22,24-31H,5-10,13-14,16-21H2,1-4H3/b23-15-. The third kappa shape index (κ3) is 5.49. The minimum absolute atomic E-state index is 0.370. The lowest BCUT2D eigenvalue weighted by Crippen LogP contribution is -2.45. The van der Waals surface area contributed by atoms with Crippen LogP contribution in [0.15, 0.2) is 23.8 Å². The van der Waals surface area contributed by atoms with Gasteiger partial charge in [0.15, 0.2) is 0 Å². The van der Waals surface area contributed by atoms with Crippen molar-refractivity contribution >= 4 is 0 Å². The van der Waals surface area contributed by atoms with Crippen LogP contribution in [0.3, 0.4) is 0 Å². The molecule has 0 N–H and O–H groups in total. The molecule has 4 bridgehead atoms. The fraction of sp³-hybridized carbons (Fsp3) is 0.875. The van der Waals surface area contributed by atoms with Crippen molar-refractivity contribution in [2.24, 2.45) is 46.8 Å². The molecule has 3 saturated carbocycles. The predicted molar refractivity (Wildman–Crippen MR) is 140 cm³/mol. The molecule has 2 aliphatic heterocycles. The molecule has 0 spiro atoms. The molecule has 0 radical (unpaired) electrons. The van der Waals surface area contributed by atoms with Gasteiger partial charge < -0.3 is 4.74 Å². The maximum absolute atomic E-state index is 5.96. The number of rotatable bonds is 8. The Balaban J connectivity index is 1.13. The molecule has 0 aromatic rings. The lowest BCUT2D eigenvalue weighted by Gasteiger charge is -2.56. The monoisotopic (exact) mass is 452 g/mol. The van der Waals surface area contributed by atoms with E-state index in [0.29, 0.717) is 18.1 Å². The van der Waals surface area contributed by atoms with E-state index in [4.69, 9.17) is 4.74 Å². The first kappa shape index (κ1) is 24.1. The third-order valence-corrected chi connectivity index (χ3v) is 10.8. The van der Waals surface area contributed by atoms with Crippen LogP contribution in [0.25, 0.3) is 0 Å². The highest BCUT2D eigenvalue weighted by Gasteiger charge is 2.49. The normalized spacial score (nSPS) is 46.0. The van der Waals surface area contributed by atoms with Crippen molar-refractivity contribution in [3.63, 3.8) is 0 Å². The number of allylic oxidation sites excluding steroid dienone is 1. The van der Waals surface area contributed by atoms with Gasteiger partial charge in [-0.1, -0.05) is 63.8 Å². The van der Waals surface area contributed by atoms with Crippen molar-refractivity contribution in [2.45, 2.75) is 130 Å². The third-order valence-electron chi connectivity index (χ3n) is 10.8. The Kier molecular flexibility index (Phi) is 7.46. The second-order valence-electron chi connectivity index (χ2n) is 13.7. The summed E-state index contributed by atoms with van der Waals surface area (Å²) in [6.45, 7) is 9.95. The van der Waals surface area contributed by atoms with Crippen LogP contribution in [0.5, 0.6) is 0 Å². The molecule has 5 aliphatic rings. The average Bonchev–Trinajstić information content (AvgIpc) is 3.40. The predicted octanol–water partition coefficient (Wildman–Crippen LogP) is 9.13. The Hall–Kier alpha value is -0.560. The van der Waals surface area contributed by atoms with E-state index >= 15 is 0 Å². The van der Waals surface area contributed by atoms with E-state index in [-0.39, 0.29) is 0 Å². The second-order valence-corrected chi connectivity index (χ2v) is 13.7. The minimum Gasteiger partial charge on any atom is -0.366 e. The molecule has 33 heavy (non-hydrogen) atoms. The molecule has 1 saturated heterocycles. The molecule has 0 aromatic heterocycles. The number of hydrogen-bond acceptors (Lipinski definition) is 1. The van der Waals surface area contributed by atoms with Gasteiger partial charge in [0, 0.05) is 5.92 Å². The molecule has 186 valence electrons. The van der Waals surface area contributed by atoms with E-state index in [1.807, 2.05) is 0 Å². The molecule has 1 heteroatoms. The van der Waals surface area contributed by atoms with Crippen LogP contribution in [-0.2, 0) is 4.74 Å². The van der Waals surface area contributed by atoms with Crippen molar-refractivity contribution in [1.29, 1.82) is 0 Å². The quantitative estimate of drug-likeness (QED) is 0.334. The van der Waals surface area contributed by atoms with E-state index in [1.54, 1.807) is 44.1 Å². The second kappa shape index (κ2) is 10.2. The molecule has 3 aliphatic carbocycles. The van der Waals surface area contributed by atoms with Crippen LogP contribution in [0.4, 0.5) is 0 Å². The highest BCUT2D eigenvalue weighted by molar-refractivity contribution is 5.17. The molecule has 10 atom stereocenters. The van der Waals surface area contributed by atoms with Gasteiger partial charge in [-0.3, -0.25) is 0 Å². The summed E-state index contributed by atoms with van der Waals surface area (Å²) in [6.07, 6.45) is 28.6. The lowest BCUT2D eigenvalue weighted by atomic mass is 9.49. The summed E-state index contributed by atoms with van der Waals surface area (Å²) in [5, 5.41) is 0. The van der Waals surface area contributed by atoms with Crippen molar-refractivity contribution in [3.05, 3.63) is 23.8 Å². The summed E-state index contributed by atoms with van der Waals surface area (Å²) < 4.78 is 5.96. The summed E-state index contributed by atoms with van der Waals surface area (Å²) >= 11 is 0. The molecule has 0 amide bonds. The van der Waals surface area contributed by atoms with Gasteiger partial charge in [0.1, 0.15) is 0 Å². The zero-order valence-electron chi connectivity index (χ0n) is 22.2. The Bertz CT molecular complexity index is 716. The zero-order valence-corrected chi connectivity index (χ0v) is 22.2. The van der Waals surface area contributed by atoms with Crippen molar-refractivity contribution in [1.82, 2.24) is 0 Å². The fourth-order valence-electron chi connectivity index (χ4n) is 9.51. The fourth-order valence-corrected chi connectivity index (χ4v) is 9.51. The van der Waals surface area contributed by atoms with Gasteiger partial charge in [-0.25, -0.2) is 0 Å². The van der Waals surface area contributed by atoms with Gasteiger partial charge in [0.25, 0.3) is 0 Å². The summed E-state index contributed by atoms with van der Waals surface area (Å²) in [4.78, 5) is 0. The highest BCUT2D eigenvalue weighted by atomic mass is 16.5. The summed E-state index contributed by atoms with van der Waals surface area (Å²) in [5.74, 6) is 6.61. The van der Waals surface area contributed by atoms with Crippen LogP contribution < -0.4 is 0 Å². The van der Waals surface area contributed by atoms with E-state index in [1.165, 1.54) is 51.4 Å². The van der Waals surface area contributed by atoms with Gasteiger partial charge >= 0.3 is 0 Å². The highest BCUT2D eigenvalue weighted by Crippen LogP contribution is 2.60. The van der Waals surface area contributed by atoms with Gasteiger partial charge in [-0.2, -0.15) is 0 Å². The van der Waals surface area contributed by atoms with Gasteiger partial charge in [0.2, 0.25) is 0 Å². The maximum atomic E-state index is 5.96. The number of fused-ring (bicyclic) bond motifs is 4. The van der Waals surface area contributed by atoms with E-state index in [9.17, 15) is 0 Å². The Labute approximate surface area is 205 Å². The lowest BCUT2D eigenvalue weighted by molar-refractivity contribution is -0.0533. The maximum Gasteiger partial charge on any atom is 0.0828 e.